The number of halogens is 3. The van der Waals surface area contributed by atoms with Gasteiger partial charge in [0.25, 0.3) is 0 Å². The van der Waals surface area contributed by atoms with Crippen LogP contribution in [0.15, 0.2) is 36.5 Å². The number of benzene rings is 1. The molecule has 2 aromatic heterocycles. The lowest BCUT2D eigenvalue weighted by Crippen LogP contribution is -2.38. The van der Waals surface area contributed by atoms with Gasteiger partial charge in [-0.25, -0.2) is 9.97 Å². The van der Waals surface area contributed by atoms with Crippen LogP contribution in [0.3, 0.4) is 0 Å². The van der Waals surface area contributed by atoms with E-state index in [1.165, 1.54) is 18.2 Å². The Morgan fingerprint density at radius 1 is 1.17 bits per heavy atom. The van der Waals surface area contributed by atoms with Crippen molar-refractivity contribution in [2.45, 2.75) is 6.36 Å². The topological polar surface area (TPSA) is 72.5 Å². The van der Waals surface area contributed by atoms with Crippen molar-refractivity contribution >= 4 is 11.0 Å². The number of fused-ring (bicyclic) bond motifs is 1. The van der Waals surface area contributed by atoms with Crippen LogP contribution in [0.25, 0.3) is 22.6 Å². The summed E-state index contributed by atoms with van der Waals surface area (Å²) in [6, 6.07) is 7.48. The van der Waals surface area contributed by atoms with Crippen molar-refractivity contribution in [1.82, 2.24) is 19.9 Å². The standard InChI is InChI=1S/C19H19F3N4O3/c20-19(21,22)29-13-3-4-14-15(12-13)25-18(24-14)17-16(2-1-5-23-17)28-11-8-26-6-9-27-10-7-26/h1-5,12H,6-11H2,(H,24,25). The molecule has 4 rings (SSSR count). The van der Waals surface area contributed by atoms with Gasteiger partial charge in [-0.2, -0.15) is 0 Å². The minimum atomic E-state index is -4.75. The fourth-order valence-electron chi connectivity index (χ4n) is 3.09. The van der Waals surface area contributed by atoms with E-state index in [-0.39, 0.29) is 5.75 Å². The largest absolute Gasteiger partial charge is 0.573 e. The molecule has 3 heterocycles. The van der Waals surface area contributed by atoms with E-state index in [0.717, 1.165) is 32.8 Å². The Labute approximate surface area is 164 Å². The molecule has 1 aliphatic rings. The molecule has 1 N–H and O–H groups in total. The first-order valence-electron chi connectivity index (χ1n) is 9.12. The maximum absolute atomic E-state index is 12.4. The lowest BCUT2D eigenvalue weighted by Gasteiger charge is -2.26. The van der Waals surface area contributed by atoms with Crippen LogP contribution in [0.1, 0.15) is 0 Å². The van der Waals surface area contributed by atoms with Gasteiger partial charge in [0.2, 0.25) is 0 Å². The first kappa shape index (κ1) is 19.5. The highest BCUT2D eigenvalue weighted by Crippen LogP contribution is 2.30. The highest BCUT2D eigenvalue weighted by atomic mass is 19.4. The first-order valence-corrected chi connectivity index (χ1v) is 9.12. The van der Waals surface area contributed by atoms with Crippen LogP contribution in [0, 0.1) is 0 Å². The second-order valence-corrected chi connectivity index (χ2v) is 6.46. The number of H-pyrrole nitrogens is 1. The van der Waals surface area contributed by atoms with Gasteiger partial charge >= 0.3 is 6.36 Å². The molecule has 29 heavy (non-hydrogen) atoms. The number of nitrogens with one attached hydrogen (secondary N) is 1. The predicted molar refractivity (Wildman–Crippen MR) is 98.8 cm³/mol. The Morgan fingerprint density at radius 3 is 2.79 bits per heavy atom. The number of pyridine rings is 1. The molecule has 0 bridgehead atoms. The van der Waals surface area contributed by atoms with Crippen molar-refractivity contribution in [3.63, 3.8) is 0 Å². The summed E-state index contributed by atoms with van der Waals surface area (Å²) in [7, 11) is 0. The van der Waals surface area contributed by atoms with E-state index in [1.54, 1.807) is 18.3 Å². The summed E-state index contributed by atoms with van der Waals surface area (Å²) in [6.07, 6.45) is -3.15. The van der Waals surface area contributed by atoms with E-state index in [1.807, 2.05) is 0 Å². The lowest BCUT2D eigenvalue weighted by atomic mass is 10.3. The van der Waals surface area contributed by atoms with Gasteiger partial charge in [0.05, 0.1) is 24.2 Å². The van der Waals surface area contributed by atoms with Crippen LogP contribution < -0.4 is 9.47 Å². The Bertz CT molecular complexity index is 971. The molecule has 1 saturated heterocycles. The van der Waals surface area contributed by atoms with Crippen molar-refractivity contribution in [3.8, 4) is 23.0 Å². The Kier molecular flexibility index (Phi) is 5.54. The van der Waals surface area contributed by atoms with Crippen molar-refractivity contribution < 1.29 is 27.4 Å². The molecule has 1 aromatic carbocycles. The average molecular weight is 408 g/mol. The molecule has 10 heteroatoms. The number of rotatable bonds is 6. The molecule has 0 unspecified atom stereocenters. The van der Waals surface area contributed by atoms with Gasteiger partial charge in [-0.1, -0.05) is 0 Å². The van der Waals surface area contributed by atoms with Gasteiger partial charge in [0.15, 0.2) is 5.82 Å². The molecule has 7 nitrogen and oxygen atoms in total. The predicted octanol–water partition coefficient (Wildman–Crippen LogP) is 3.23. The molecule has 0 spiro atoms. The number of aromatic nitrogens is 3. The summed E-state index contributed by atoms with van der Waals surface area (Å²) in [4.78, 5) is 14.0. The molecule has 0 saturated carbocycles. The molecule has 1 fully saturated rings. The number of alkyl halides is 3. The fourth-order valence-corrected chi connectivity index (χ4v) is 3.09. The molecule has 0 atom stereocenters. The molecule has 0 aliphatic carbocycles. The molecule has 3 aromatic rings. The molecule has 1 aliphatic heterocycles. The molecule has 0 radical (unpaired) electrons. The van der Waals surface area contributed by atoms with E-state index in [0.29, 0.717) is 34.9 Å². The van der Waals surface area contributed by atoms with Gasteiger partial charge in [-0.05, 0) is 24.3 Å². The number of nitrogens with zero attached hydrogens (tertiary/aromatic N) is 3. The van der Waals surface area contributed by atoms with Gasteiger partial charge < -0.3 is 19.2 Å². The van der Waals surface area contributed by atoms with Gasteiger partial charge in [-0.15, -0.1) is 13.2 Å². The SMILES string of the molecule is FC(F)(F)Oc1ccc2[nH]c(-c3ncccc3OCCN3CCOCC3)nc2c1. The molecular formula is C19H19F3N4O3. The fraction of sp³-hybridized carbons (Fsp3) is 0.368. The second-order valence-electron chi connectivity index (χ2n) is 6.46. The van der Waals surface area contributed by atoms with Crippen molar-refractivity contribution in [3.05, 3.63) is 36.5 Å². The zero-order valence-corrected chi connectivity index (χ0v) is 15.4. The quantitative estimate of drug-likeness (QED) is 0.675. The van der Waals surface area contributed by atoms with E-state index >= 15 is 0 Å². The lowest BCUT2D eigenvalue weighted by molar-refractivity contribution is -0.274. The van der Waals surface area contributed by atoms with Crippen molar-refractivity contribution in [1.29, 1.82) is 0 Å². The zero-order chi connectivity index (χ0) is 20.3. The Morgan fingerprint density at radius 2 is 2.00 bits per heavy atom. The van der Waals surface area contributed by atoms with E-state index in [4.69, 9.17) is 9.47 Å². The zero-order valence-electron chi connectivity index (χ0n) is 15.4. The van der Waals surface area contributed by atoms with Crippen LogP contribution in [0.4, 0.5) is 13.2 Å². The van der Waals surface area contributed by atoms with E-state index < -0.39 is 6.36 Å². The number of ether oxygens (including phenoxy) is 3. The number of aromatic amines is 1. The smallest absolute Gasteiger partial charge is 0.490 e. The van der Waals surface area contributed by atoms with Crippen LogP contribution >= 0.6 is 0 Å². The summed E-state index contributed by atoms with van der Waals surface area (Å²) in [6.45, 7) is 4.41. The normalized spacial score (nSPS) is 15.6. The minimum absolute atomic E-state index is 0.328. The summed E-state index contributed by atoms with van der Waals surface area (Å²) in [5, 5.41) is 0. The molecule has 0 amide bonds. The van der Waals surface area contributed by atoms with Crippen LogP contribution in [-0.2, 0) is 4.74 Å². The van der Waals surface area contributed by atoms with E-state index in [9.17, 15) is 13.2 Å². The van der Waals surface area contributed by atoms with Crippen LogP contribution in [-0.4, -0.2) is 65.7 Å². The number of morpholine rings is 1. The Balaban J connectivity index is 1.51. The monoisotopic (exact) mass is 408 g/mol. The van der Waals surface area contributed by atoms with Crippen molar-refractivity contribution in [2.75, 3.05) is 39.5 Å². The van der Waals surface area contributed by atoms with Crippen LogP contribution in [0.5, 0.6) is 11.5 Å². The van der Waals surface area contributed by atoms with Crippen molar-refractivity contribution in [2.24, 2.45) is 0 Å². The number of hydrogen-bond acceptors (Lipinski definition) is 6. The second kappa shape index (κ2) is 8.26. The summed E-state index contributed by atoms with van der Waals surface area (Å²) in [5.74, 6) is 0.628. The maximum atomic E-state index is 12.4. The third kappa shape index (κ3) is 4.96. The van der Waals surface area contributed by atoms with Gasteiger partial charge in [0.1, 0.15) is 23.8 Å². The molecular weight excluding hydrogens is 389 g/mol. The minimum Gasteiger partial charge on any atom is -0.490 e. The summed E-state index contributed by atoms with van der Waals surface area (Å²) in [5.41, 5.74) is 1.40. The van der Waals surface area contributed by atoms with Crippen LogP contribution in [0.2, 0.25) is 0 Å². The third-order valence-corrected chi connectivity index (χ3v) is 4.45. The van der Waals surface area contributed by atoms with Gasteiger partial charge in [-0.3, -0.25) is 4.90 Å². The van der Waals surface area contributed by atoms with E-state index in [2.05, 4.69) is 24.6 Å². The average Bonchev–Trinajstić information content (AvgIpc) is 3.11. The number of hydrogen-bond donors (Lipinski definition) is 1. The maximum Gasteiger partial charge on any atom is 0.573 e. The first-order chi connectivity index (χ1) is 14.0. The highest BCUT2D eigenvalue weighted by Gasteiger charge is 2.31. The molecule has 154 valence electrons. The van der Waals surface area contributed by atoms with Gasteiger partial charge in [0, 0.05) is 31.9 Å². The third-order valence-electron chi connectivity index (χ3n) is 4.45. The summed E-state index contributed by atoms with van der Waals surface area (Å²) >= 11 is 0. The summed E-state index contributed by atoms with van der Waals surface area (Å²) < 4.78 is 52.5. The highest BCUT2D eigenvalue weighted by molar-refractivity contribution is 5.81. The Hall–Kier alpha value is -2.85. The number of imidazole rings is 1.